The molecule has 0 aliphatic rings. The van der Waals surface area contributed by atoms with Crippen LogP contribution in [-0.4, -0.2) is 10.9 Å². The molecule has 88 valence electrons. The van der Waals surface area contributed by atoms with Crippen LogP contribution in [0.3, 0.4) is 0 Å². The summed E-state index contributed by atoms with van der Waals surface area (Å²) in [7, 11) is 0. The van der Waals surface area contributed by atoms with E-state index in [1.807, 2.05) is 0 Å². The Labute approximate surface area is 106 Å². The molecule has 0 fully saturated rings. The van der Waals surface area contributed by atoms with Gasteiger partial charge in [-0.05, 0) is 34.1 Å². The van der Waals surface area contributed by atoms with E-state index in [9.17, 15) is 9.18 Å². The monoisotopic (exact) mass is 296 g/mol. The van der Waals surface area contributed by atoms with Crippen LogP contribution in [0.5, 0.6) is 0 Å². The molecule has 1 aromatic carbocycles. The number of nitrogens with one attached hydrogen (secondary N) is 2. The van der Waals surface area contributed by atoms with E-state index in [1.54, 1.807) is 36.5 Å². The summed E-state index contributed by atoms with van der Waals surface area (Å²) in [6.45, 7) is 0.156. The van der Waals surface area contributed by atoms with Gasteiger partial charge in [-0.1, -0.05) is 12.1 Å². The molecule has 0 atom stereocenters. The van der Waals surface area contributed by atoms with Crippen molar-refractivity contribution in [3.63, 3.8) is 0 Å². The van der Waals surface area contributed by atoms with Crippen molar-refractivity contribution in [2.24, 2.45) is 0 Å². The number of aromatic nitrogens is 1. The fraction of sp³-hybridized carbons (Fsp3) is 0.0833. The Kier molecular flexibility index (Phi) is 3.58. The maximum absolute atomic E-state index is 13.6. The topological polar surface area (TPSA) is 44.9 Å². The number of rotatable bonds is 3. The summed E-state index contributed by atoms with van der Waals surface area (Å²) >= 11 is 3.10. The molecule has 0 aliphatic heterocycles. The van der Waals surface area contributed by atoms with Crippen molar-refractivity contribution in [2.45, 2.75) is 6.54 Å². The summed E-state index contributed by atoms with van der Waals surface area (Å²) in [4.78, 5) is 14.4. The number of amides is 1. The average Bonchev–Trinajstić information content (AvgIpc) is 2.84. The van der Waals surface area contributed by atoms with E-state index >= 15 is 0 Å². The lowest BCUT2D eigenvalue weighted by Gasteiger charge is -2.06. The second-order valence-electron chi connectivity index (χ2n) is 3.48. The van der Waals surface area contributed by atoms with E-state index in [2.05, 4.69) is 26.2 Å². The molecule has 2 aromatic rings. The molecule has 1 aromatic heterocycles. The molecule has 0 unspecified atom stereocenters. The molecule has 0 aliphatic carbocycles. The number of aromatic amines is 1. The standard InChI is InChI=1S/C12H10BrFN2O/c13-9-4-1-3-8(11(9)14)7-16-12(17)10-5-2-6-15-10/h1-6,15H,7H2,(H,16,17). The van der Waals surface area contributed by atoms with Gasteiger partial charge in [-0.15, -0.1) is 0 Å². The van der Waals surface area contributed by atoms with E-state index in [1.165, 1.54) is 0 Å². The van der Waals surface area contributed by atoms with Crippen molar-refractivity contribution in [3.05, 3.63) is 58.1 Å². The van der Waals surface area contributed by atoms with Crippen LogP contribution in [0.4, 0.5) is 4.39 Å². The first kappa shape index (κ1) is 11.9. The summed E-state index contributed by atoms with van der Waals surface area (Å²) in [5, 5.41) is 2.64. The van der Waals surface area contributed by atoms with Gasteiger partial charge in [-0.25, -0.2) is 4.39 Å². The Morgan fingerprint density at radius 2 is 2.18 bits per heavy atom. The van der Waals surface area contributed by atoms with Gasteiger partial charge in [-0.3, -0.25) is 4.79 Å². The molecule has 3 nitrogen and oxygen atoms in total. The van der Waals surface area contributed by atoms with Crippen LogP contribution in [0.1, 0.15) is 16.1 Å². The van der Waals surface area contributed by atoms with Crippen LogP contribution in [0.25, 0.3) is 0 Å². The average molecular weight is 297 g/mol. The molecule has 1 heterocycles. The smallest absolute Gasteiger partial charge is 0.267 e. The first-order valence-corrected chi connectivity index (χ1v) is 5.82. The lowest BCUT2D eigenvalue weighted by atomic mass is 10.2. The summed E-state index contributed by atoms with van der Waals surface area (Å²) in [5.41, 5.74) is 0.902. The highest BCUT2D eigenvalue weighted by Crippen LogP contribution is 2.18. The van der Waals surface area contributed by atoms with Gasteiger partial charge in [0.1, 0.15) is 11.5 Å². The molecule has 2 rings (SSSR count). The Morgan fingerprint density at radius 3 is 2.88 bits per heavy atom. The van der Waals surface area contributed by atoms with Gasteiger partial charge in [0.25, 0.3) is 5.91 Å². The van der Waals surface area contributed by atoms with Crippen molar-refractivity contribution < 1.29 is 9.18 Å². The largest absolute Gasteiger partial charge is 0.357 e. The third-order valence-electron chi connectivity index (χ3n) is 2.31. The zero-order valence-corrected chi connectivity index (χ0v) is 10.4. The van der Waals surface area contributed by atoms with E-state index in [0.717, 1.165) is 0 Å². The van der Waals surface area contributed by atoms with E-state index in [-0.39, 0.29) is 18.3 Å². The normalized spacial score (nSPS) is 10.2. The van der Waals surface area contributed by atoms with Crippen LogP contribution in [-0.2, 0) is 6.54 Å². The predicted octanol–water partition coefficient (Wildman–Crippen LogP) is 2.85. The number of benzene rings is 1. The van der Waals surface area contributed by atoms with Gasteiger partial charge in [0, 0.05) is 18.3 Å². The first-order chi connectivity index (χ1) is 8.18. The molecular weight excluding hydrogens is 287 g/mol. The molecule has 2 N–H and O–H groups in total. The summed E-state index contributed by atoms with van der Waals surface area (Å²) < 4.78 is 14.0. The predicted molar refractivity (Wildman–Crippen MR) is 66.1 cm³/mol. The Morgan fingerprint density at radius 1 is 1.35 bits per heavy atom. The number of hydrogen-bond donors (Lipinski definition) is 2. The van der Waals surface area contributed by atoms with Crippen LogP contribution in [0.2, 0.25) is 0 Å². The molecule has 0 saturated carbocycles. The Bertz CT molecular complexity index is 525. The van der Waals surface area contributed by atoms with Crippen molar-refractivity contribution >= 4 is 21.8 Å². The fourth-order valence-electron chi connectivity index (χ4n) is 1.43. The third kappa shape index (κ3) is 2.74. The minimum atomic E-state index is -0.348. The zero-order chi connectivity index (χ0) is 12.3. The Hall–Kier alpha value is -1.62. The molecular formula is C12H10BrFN2O. The highest BCUT2D eigenvalue weighted by atomic mass is 79.9. The molecule has 5 heteroatoms. The zero-order valence-electron chi connectivity index (χ0n) is 8.84. The number of H-pyrrole nitrogens is 1. The highest BCUT2D eigenvalue weighted by Gasteiger charge is 2.09. The van der Waals surface area contributed by atoms with Crippen LogP contribution >= 0.6 is 15.9 Å². The van der Waals surface area contributed by atoms with Crippen LogP contribution in [0, 0.1) is 5.82 Å². The van der Waals surface area contributed by atoms with Gasteiger partial charge in [0.15, 0.2) is 0 Å². The van der Waals surface area contributed by atoms with Crippen molar-refractivity contribution in [1.82, 2.24) is 10.3 Å². The Balaban J connectivity index is 2.03. The summed E-state index contributed by atoms with van der Waals surface area (Å²) in [6, 6.07) is 8.37. The molecule has 0 spiro atoms. The lowest BCUT2D eigenvalue weighted by molar-refractivity contribution is 0.0946. The number of carbonyl (C=O) groups excluding carboxylic acids is 1. The number of halogens is 2. The molecule has 0 saturated heterocycles. The van der Waals surface area contributed by atoms with Crippen LogP contribution < -0.4 is 5.32 Å². The van der Waals surface area contributed by atoms with Crippen molar-refractivity contribution in [3.8, 4) is 0 Å². The van der Waals surface area contributed by atoms with Gasteiger partial charge in [0.05, 0.1) is 4.47 Å². The quantitative estimate of drug-likeness (QED) is 0.899. The highest BCUT2D eigenvalue weighted by molar-refractivity contribution is 9.10. The molecule has 0 radical (unpaired) electrons. The maximum atomic E-state index is 13.6. The number of carbonyl (C=O) groups is 1. The summed E-state index contributed by atoms with van der Waals surface area (Å²) in [6.07, 6.45) is 1.66. The third-order valence-corrected chi connectivity index (χ3v) is 2.93. The minimum absolute atomic E-state index is 0.156. The first-order valence-electron chi connectivity index (χ1n) is 5.03. The second kappa shape index (κ2) is 5.14. The van der Waals surface area contributed by atoms with Crippen LogP contribution in [0.15, 0.2) is 41.0 Å². The van der Waals surface area contributed by atoms with Gasteiger partial charge >= 0.3 is 0 Å². The van der Waals surface area contributed by atoms with Gasteiger partial charge in [-0.2, -0.15) is 0 Å². The van der Waals surface area contributed by atoms with Gasteiger partial charge < -0.3 is 10.3 Å². The second-order valence-corrected chi connectivity index (χ2v) is 4.33. The SMILES string of the molecule is O=C(NCc1cccc(Br)c1F)c1ccc[nH]1. The van der Waals surface area contributed by atoms with Gasteiger partial charge in [0.2, 0.25) is 0 Å². The molecule has 0 bridgehead atoms. The van der Waals surface area contributed by atoms with E-state index < -0.39 is 0 Å². The molecule has 17 heavy (non-hydrogen) atoms. The fourth-order valence-corrected chi connectivity index (χ4v) is 1.83. The molecule has 1 amide bonds. The summed E-state index contributed by atoms with van der Waals surface area (Å²) in [5.74, 6) is -0.603. The lowest BCUT2D eigenvalue weighted by Crippen LogP contribution is -2.23. The van der Waals surface area contributed by atoms with E-state index in [0.29, 0.717) is 15.7 Å². The van der Waals surface area contributed by atoms with Crippen molar-refractivity contribution in [2.75, 3.05) is 0 Å². The minimum Gasteiger partial charge on any atom is -0.357 e. The number of hydrogen-bond acceptors (Lipinski definition) is 1. The maximum Gasteiger partial charge on any atom is 0.267 e. The van der Waals surface area contributed by atoms with E-state index in [4.69, 9.17) is 0 Å². The van der Waals surface area contributed by atoms with Crippen molar-refractivity contribution in [1.29, 1.82) is 0 Å².